The van der Waals surface area contributed by atoms with Crippen LogP contribution in [-0.4, -0.2) is 18.3 Å². The number of benzene rings is 1. The van der Waals surface area contributed by atoms with Gasteiger partial charge in [-0.15, -0.1) is 0 Å². The molecule has 0 spiro atoms. The highest BCUT2D eigenvalue weighted by Crippen LogP contribution is 2.20. The van der Waals surface area contributed by atoms with Crippen molar-refractivity contribution in [3.05, 3.63) is 29.8 Å². The Morgan fingerprint density at radius 1 is 1.20 bits per heavy atom. The standard InChI is InChI=1S/C13H20O2/c1-2-3-7-12-8-4-5-9-13(12)15-11-6-10-14/h4-5,8-9,14H,2-3,6-7,10-11H2,1H3. The van der Waals surface area contributed by atoms with Crippen LogP contribution in [0, 0.1) is 0 Å². The Morgan fingerprint density at radius 2 is 2.00 bits per heavy atom. The minimum absolute atomic E-state index is 0.192. The zero-order valence-corrected chi connectivity index (χ0v) is 9.41. The lowest BCUT2D eigenvalue weighted by Gasteiger charge is -2.10. The molecule has 15 heavy (non-hydrogen) atoms. The quantitative estimate of drug-likeness (QED) is 0.698. The average molecular weight is 208 g/mol. The fourth-order valence-corrected chi connectivity index (χ4v) is 1.47. The van der Waals surface area contributed by atoms with Gasteiger partial charge in [0, 0.05) is 13.0 Å². The van der Waals surface area contributed by atoms with Gasteiger partial charge in [-0.3, -0.25) is 0 Å². The summed E-state index contributed by atoms with van der Waals surface area (Å²) < 4.78 is 5.61. The van der Waals surface area contributed by atoms with Gasteiger partial charge in [-0.05, 0) is 24.5 Å². The summed E-state index contributed by atoms with van der Waals surface area (Å²) in [6.07, 6.45) is 4.17. The predicted molar refractivity (Wildman–Crippen MR) is 62.3 cm³/mol. The summed E-state index contributed by atoms with van der Waals surface area (Å²) in [7, 11) is 0. The van der Waals surface area contributed by atoms with E-state index in [1.54, 1.807) is 0 Å². The van der Waals surface area contributed by atoms with Crippen molar-refractivity contribution in [3.8, 4) is 5.75 Å². The molecule has 2 nitrogen and oxygen atoms in total. The van der Waals surface area contributed by atoms with E-state index in [1.807, 2.05) is 18.2 Å². The fraction of sp³-hybridized carbons (Fsp3) is 0.538. The third-order valence-corrected chi connectivity index (χ3v) is 2.33. The molecule has 0 saturated heterocycles. The second-order valence-electron chi connectivity index (χ2n) is 3.64. The number of hydrogen-bond donors (Lipinski definition) is 1. The first-order chi connectivity index (χ1) is 7.38. The maximum absolute atomic E-state index is 8.67. The molecule has 0 heterocycles. The van der Waals surface area contributed by atoms with Gasteiger partial charge in [0.05, 0.1) is 6.61 Å². The zero-order valence-electron chi connectivity index (χ0n) is 9.41. The maximum Gasteiger partial charge on any atom is 0.122 e. The Hall–Kier alpha value is -1.02. The third-order valence-electron chi connectivity index (χ3n) is 2.33. The number of aryl methyl sites for hydroxylation is 1. The Bertz CT molecular complexity index is 271. The second kappa shape index (κ2) is 7.30. The molecule has 0 saturated carbocycles. The van der Waals surface area contributed by atoms with E-state index in [4.69, 9.17) is 9.84 Å². The van der Waals surface area contributed by atoms with Crippen molar-refractivity contribution in [2.75, 3.05) is 13.2 Å². The molecule has 1 aromatic carbocycles. The van der Waals surface area contributed by atoms with E-state index >= 15 is 0 Å². The highest BCUT2D eigenvalue weighted by molar-refractivity contribution is 5.33. The van der Waals surface area contributed by atoms with Crippen molar-refractivity contribution >= 4 is 0 Å². The van der Waals surface area contributed by atoms with Gasteiger partial charge in [0.15, 0.2) is 0 Å². The summed E-state index contributed by atoms with van der Waals surface area (Å²) in [5, 5.41) is 8.67. The third kappa shape index (κ3) is 4.34. The molecular weight excluding hydrogens is 188 g/mol. The van der Waals surface area contributed by atoms with Crippen LogP contribution in [0.5, 0.6) is 5.75 Å². The van der Waals surface area contributed by atoms with Crippen LogP contribution in [0.3, 0.4) is 0 Å². The van der Waals surface area contributed by atoms with Crippen molar-refractivity contribution < 1.29 is 9.84 Å². The number of para-hydroxylation sites is 1. The van der Waals surface area contributed by atoms with Crippen molar-refractivity contribution in [2.24, 2.45) is 0 Å². The van der Waals surface area contributed by atoms with Crippen LogP contribution in [0.25, 0.3) is 0 Å². The van der Waals surface area contributed by atoms with Gasteiger partial charge in [0.1, 0.15) is 5.75 Å². The summed E-state index contributed by atoms with van der Waals surface area (Å²) >= 11 is 0. The number of aliphatic hydroxyl groups excluding tert-OH is 1. The van der Waals surface area contributed by atoms with Crippen molar-refractivity contribution in [1.29, 1.82) is 0 Å². The smallest absolute Gasteiger partial charge is 0.122 e. The molecule has 0 atom stereocenters. The predicted octanol–water partition coefficient (Wildman–Crippen LogP) is 2.79. The largest absolute Gasteiger partial charge is 0.493 e. The normalized spacial score (nSPS) is 10.3. The topological polar surface area (TPSA) is 29.5 Å². The Balaban J connectivity index is 2.52. The molecule has 0 aliphatic rings. The van der Waals surface area contributed by atoms with Crippen LogP contribution >= 0.6 is 0 Å². The summed E-state index contributed by atoms with van der Waals surface area (Å²) in [6.45, 7) is 2.98. The van der Waals surface area contributed by atoms with Crippen molar-refractivity contribution in [2.45, 2.75) is 32.6 Å². The number of aliphatic hydroxyl groups is 1. The maximum atomic E-state index is 8.67. The van der Waals surface area contributed by atoms with E-state index < -0.39 is 0 Å². The van der Waals surface area contributed by atoms with Crippen LogP contribution in [0.15, 0.2) is 24.3 Å². The van der Waals surface area contributed by atoms with Gasteiger partial charge in [-0.2, -0.15) is 0 Å². The van der Waals surface area contributed by atoms with Gasteiger partial charge < -0.3 is 9.84 Å². The summed E-state index contributed by atoms with van der Waals surface area (Å²) in [6, 6.07) is 8.15. The lowest BCUT2D eigenvalue weighted by atomic mass is 10.1. The van der Waals surface area contributed by atoms with Crippen LogP contribution in [0.2, 0.25) is 0 Å². The Labute approximate surface area is 91.9 Å². The van der Waals surface area contributed by atoms with Gasteiger partial charge >= 0.3 is 0 Å². The van der Waals surface area contributed by atoms with Crippen LogP contribution in [0.4, 0.5) is 0 Å². The second-order valence-corrected chi connectivity index (χ2v) is 3.64. The highest BCUT2D eigenvalue weighted by atomic mass is 16.5. The van der Waals surface area contributed by atoms with Crippen LogP contribution in [0.1, 0.15) is 31.7 Å². The lowest BCUT2D eigenvalue weighted by molar-refractivity contribution is 0.232. The first kappa shape index (κ1) is 12.1. The average Bonchev–Trinajstić information content (AvgIpc) is 2.28. The monoisotopic (exact) mass is 208 g/mol. The van der Waals surface area contributed by atoms with Gasteiger partial charge in [-0.1, -0.05) is 31.5 Å². The fourth-order valence-electron chi connectivity index (χ4n) is 1.47. The van der Waals surface area contributed by atoms with E-state index in [0.717, 1.165) is 12.2 Å². The van der Waals surface area contributed by atoms with Crippen molar-refractivity contribution in [1.82, 2.24) is 0 Å². The summed E-state index contributed by atoms with van der Waals surface area (Å²) in [4.78, 5) is 0. The summed E-state index contributed by atoms with van der Waals surface area (Å²) in [5.41, 5.74) is 1.28. The lowest BCUT2D eigenvalue weighted by Crippen LogP contribution is -2.02. The number of hydrogen-bond acceptors (Lipinski definition) is 2. The summed E-state index contributed by atoms with van der Waals surface area (Å²) in [5.74, 6) is 0.972. The molecule has 0 aliphatic carbocycles. The number of rotatable bonds is 7. The van der Waals surface area contributed by atoms with Gasteiger partial charge in [0.2, 0.25) is 0 Å². The van der Waals surface area contributed by atoms with E-state index in [0.29, 0.717) is 13.0 Å². The van der Waals surface area contributed by atoms with E-state index in [9.17, 15) is 0 Å². The van der Waals surface area contributed by atoms with Crippen LogP contribution in [-0.2, 0) is 6.42 Å². The van der Waals surface area contributed by atoms with Crippen LogP contribution < -0.4 is 4.74 Å². The van der Waals surface area contributed by atoms with E-state index in [2.05, 4.69) is 13.0 Å². The number of unbranched alkanes of at least 4 members (excludes halogenated alkanes) is 1. The van der Waals surface area contributed by atoms with Crippen molar-refractivity contribution in [3.63, 3.8) is 0 Å². The molecule has 0 unspecified atom stereocenters. The molecule has 1 N–H and O–H groups in total. The molecule has 0 bridgehead atoms. The molecule has 0 fully saturated rings. The first-order valence-corrected chi connectivity index (χ1v) is 5.70. The highest BCUT2D eigenvalue weighted by Gasteiger charge is 2.01. The molecule has 1 aromatic rings. The number of ether oxygens (including phenoxy) is 1. The van der Waals surface area contributed by atoms with E-state index in [-0.39, 0.29) is 6.61 Å². The van der Waals surface area contributed by atoms with Gasteiger partial charge in [0.25, 0.3) is 0 Å². The molecule has 0 aliphatic heterocycles. The zero-order chi connectivity index (χ0) is 10.9. The Morgan fingerprint density at radius 3 is 2.73 bits per heavy atom. The SMILES string of the molecule is CCCCc1ccccc1OCCCO. The molecule has 2 heteroatoms. The molecule has 0 amide bonds. The minimum Gasteiger partial charge on any atom is -0.493 e. The molecule has 84 valence electrons. The molecule has 0 radical (unpaired) electrons. The molecule has 1 rings (SSSR count). The first-order valence-electron chi connectivity index (χ1n) is 5.70. The minimum atomic E-state index is 0.192. The molecule has 0 aromatic heterocycles. The Kier molecular flexibility index (Phi) is 5.86. The molecular formula is C13H20O2. The van der Waals surface area contributed by atoms with Gasteiger partial charge in [-0.25, -0.2) is 0 Å². The van der Waals surface area contributed by atoms with E-state index in [1.165, 1.54) is 18.4 Å².